The molecule has 0 aliphatic heterocycles. The molecule has 1 atom stereocenters. The van der Waals surface area contributed by atoms with E-state index >= 15 is 0 Å². The van der Waals surface area contributed by atoms with Crippen molar-refractivity contribution in [2.24, 2.45) is 5.92 Å². The largest absolute Gasteiger partial charge is 0.543 e. The molecule has 0 aromatic heterocycles. The standard InChI is InChI=1S/C28H43BrN2O9SSi/c1-10-11-39-27(36)24-18(15-41-16-19(26(35)38-7)31-22(33)13-30-23(34)14-32)20(12-21(37-6)25(24)29)40-42(8,9)28(4,5)17(2)3/h10,12,17,19,32H,1,11,13-16H2,2-9H3,(H,30,34)(H,31,33)/t19-/m0/s1. The van der Waals surface area contributed by atoms with E-state index in [2.05, 4.69) is 73.9 Å². The number of thioether (sulfide) groups is 1. The smallest absolute Gasteiger partial charge is 0.340 e. The number of rotatable bonds is 17. The van der Waals surface area contributed by atoms with Crippen LogP contribution in [0.5, 0.6) is 11.5 Å². The van der Waals surface area contributed by atoms with Crippen molar-refractivity contribution in [2.45, 2.75) is 57.6 Å². The number of carbonyl (C=O) groups is 4. The van der Waals surface area contributed by atoms with Gasteiger partial charge in [-0.1, -0.05) is 40.3 Å². The summed E-state index contributed by atoms with van der Waals surface area (Å²) < 4.78 is 23.0. The third kappa shape index (κ3) is 10.0. The van der Waals surface area contributed by atoms with Crippen LogP contribution in [0.2, 0.25) is 18.1 Å². The van der Waals surface area contributed by atoms with Gasteiger partial charge in [0.15, 0.2) is 0 Å². The van der Waals surface area contributed by atoms with Gasteiger partial charge in [0.1, 0.15) is 30.8 Å². The molecule has 0 radical (unpaired) electrons. The van der Waals surface area contributed by atoms with Crippen molar-refractivity contribution in [3.8, 4) is 11.5 Å². The monoisotopic (exact) mass is 690 g/mol. The summed E-state index contributed by atoms with van der Waals surface area (Å²) >= 11 is 4.76. The van der Waals surface area contributed by atoms with Crippen LogP contribution in [-0.4, -0.2) is 82.9 Å². The van der Waals surface area contributed by atoms with Gasteiger partial charge in [0, 0.05) is 23.1 Å². The summed E-state index contributed by atoms with van der Waals surface area (Å²) in [5, 5.41) is 13.4. The zero-order valence-electron chi connectivity index (χ0n) is 25.6. The predicted molar refractivity (Wildman–Crippen MR) is 168 cm³/mol. The van der Waals surface area contributed by atoms with E-state index in [1.54, 1.807) is 6.07 Å². The number of halogens is 1. The molecular weight excluding hydrogens is 648 g/mol. The maximum absolute atomic E-state index is 13.3. The Labute approximate surface area is 261 Å². The van der Waals surface area contributed by atoms with Crippen LogP contribution in [0.25, 0.3) is 0 Å². The number of amides is 2. The van der Waals surface area contributed by atoms with Gasteiger partial charge in [-0.2, -0.15) is 11.8 Å². The van der Waals surface area contributed by atoms with Crippen LogP contribution in [0.15, 0.2) is 23.2 Å². The van der Waals surface area contributed by atoms with E-state index in [0.29, 0.717) is 27.5 Å². The lowest BCUT2D eigenvalue weighted by Gasteiger charge is -2.43. The SMILES string of the molecule is C=CCOC(=O)c1c(Br)c(OC)cc(O[Si](C)(C)C(C)(C)C(C)C)c1CSC[C@H](NC(=O)CNC(=O)CO)C(=O)OC. The van der Waals surface area contributed by atoms with Gasteiger partial charge in [0.05, 0.1) is 30.8 Å². The second-order valence-electron chi connectivity index (χ2n) is 10.7. The van der Waals surface area contributed by atoms with Crippen molar-refractivity contribution >= 4 is 59.8 Å². The molecule has 1 aromatic rings. The molecule has 0 saturated carbocycles. The average Bonchev–Trinajstić information content (AvgIpc) is 2.94. The minimum absolute atomic E-state index is 0.00482. The Hall–Kier alpha value is -2.55. The Morgan fingerprint density at radius 1 is 1.17 bits per heavy atom. The Morgan fingerprint density at radius 3 is 2.33 bits per heavy atom. The lowest BCUT2D eigenvalue weighted by atomic mass is 9.99. The normalized spacial score (nSPS) is 12.3. The molecule has 0 bridgehead atoms. The summed E-state index contributed by atoms with van der Waals surface area (Å²) in [7, 11) is 0.226. The molecular formula is C28H43BrN2O9SSi. The highest BCUT2D eigenvalue weighted by Crippen LogP contribution is 2.47. The van der Waals surface area contributed by atoms with Crippen LogP contribution in [-0.2, 0) is 29.6 Å². The topological polar surface area (TPSA) is 149 Å². The highest BCUT2D eigenvalue weighted by Gasteiger charge is 2.45. The molecule has 0 unspecified atom stereocenters. The number of hydrogen-bond donors (Lipinski definition) is 3. The predicted octanol–water partition coefficient (Wildman–Crippen LogP) is 3.82. The van der Waals surface area contributed by atoms with E-state index in [0.717, 1.165) is 0 Å². The van der Waals surface area contributed by atoms with Gasteiger partial charge in [-0.15, -0.1) is 0 Å². The molecule has 11 nitrogen and oxygen atoms in total. The summed E-state index contributed by atoms with van der Waals surface area (Å²) in [6.45, 7) is 15.3. The van der Waals surface area contributed by atoms with Gasteiger partial charge < -0.3 is 34.4 Å². The van der Waals surface area contributed by atoms with Gasteiger partial charge in [-0.3, -0.25) is 9.59 Å². The van der Waals surface area contributed by atoms with E-state index in [1.807, 2.05) is 0 Å². The molecule has 14 heteroatoms. The molecule has 0 spiro atoms. The van der Waals surface area contributed by atoms with Gasteiger partial charge in [-0.25, -0.2) is 9.59 Å². The molecule has 2 amide bonds. The van der Waals surface area contributed by atoms with Gasteiger partial charge >= 0.3 is 11.9 Å². The maximum atomic E-state index is 13.3. The molecule has 1 aromatic carbocycles. The van der Waals surface area contributed by atoms with E-state index in [1.165, 1.54) is 32.1 Å². The quantitative estimate of drug-likeness (QED) is 0.125. The highest BCUT2D eigenvalue weighted by molar-refractivity contribution is 9.10. The fourth-order valence-electron chi connectivity index (χ4n) is 3.62. The molecule has 0 aliphatic carbocycles. The number of esters is 2. The highest BCUT2D eigenvalue weighted by atomic mass is 79.9. The Bertz CT molecular complexity index is 1140. The number of aliphatic hydroxyl groups excluding tert-OH is 1. The van der Waals surface area contributed by atoms with Crippen molar-refractivity contribution < 1.29 is 42.9 Å². The Balaban J connectivity index is 3.49. The summed E-state index contributed by atoms with van der Waals surface area (Å²) in [5.41, 5.74) is 0.753. The van der Waals surface area contributed by atoms with E-state index < -0.39 is 51.3 Å². The van der Waals surface area contributed by atoms with Crippen LogP contribution in [0, 0.1) is 5.92 Å². The number of aliphatic hydroxyl groups is 1. The summed E-state index contributed by atoms with van der Waals surface area (Å²) in [5.74, 6) is -1.21. The maximum Gasteiger partial charge on any atom is 0.340 e. The molecule has 3 N–H and O–H groups in total. The van der Waals surface area contributed by atoms with Gasteiger partial charge in [0.25, 0.3) is 8.32 Å². The van der Waals surface area contributed by atoms with Crippen molar-refractivity contribution in [2.75, 3.05) is 39.7 Å². The minimum atomic E-state index is -2.46. The van der Waals surface area contributed by atoms with Crippen molar-refractivity contribution in [3.63, 3.8) is 0 Å². The van der Waals surface area contributed by atoms with E-state index in [9.17, 15) is 19.2 Å². The van der Waals surface area contributed by atoms with Crippen LogP contribution >= 0.6 is 27.7 Å². The zero-order valence-corrected chi connectivity index (χ0v) is 29.0. The number of carbonyl (C=O) groups excluding carboxylic acids is 4. The Kier molecular flexibility index (Phi) is 15.1. The number of ether oxygens (including phenoxy) is 3. The van der Waals surface area contributed by atoms with Crippen molar-refractivity contribution in [1.82, 2.24) is 10.6 Å². The van der Waals surface area contributed by atoms with Crippen LogP contribution < -0.4 is 19.8 Å². The zero-order chi connectivity index (χ0) is 32.3. The minimum Gasteiger partial charge on any atom is -0.543 e. The first-order chi connectivity index (χ1) is 19.6. The molecule has 1 rings (SSSR count). The van der Waals surface area contributed by atoms with Crippen molar-refractivity contribution in [3.05, 3.63) is 34.3 Å². The van der Waals surface area contributed by atoms with Crippen LogP contribution in [0.3, 0.4) is 0 Å². The van der Waals surface area contributed by atoms with Crippen molar-refractivity contribution in [1.29, 1.82) is 0 Å². The first-order valence-corrected chi connectivity index (χ1v) is 18.1. The molecule has 0 saturated heterocycles. The summed E-state index contributed by atoms with van der Waals surface area (Å²) in [6.07, 6.45) is 1.46. The molecule has 236 valence electrons. The van der Waals surface area contributed by atoms with Gasteiger partial charge in [0.2, 0.25) is 11.8 Å². The molecule has 42 heavy (non-hydrogen) atoms. The summed E-state index contributed by atoms with van der Waals surface area (Å²) in [4.78, 5) is 49.3. The van der Waals surface area contributed by atoms with E-state index in [4.69, 9.17) is 23.7 Å². The number of methoxy groups -OCH3 is 2. The number of benzene rings is 1. The molecule has 0 aliphatic rings. The first kappa shape index (κ1) is 37.5. The molecule has 0 fully saturated rings. The van der Waals surface area contributed by atoms with Gasteiger partial charge in [-0.05, 0) is 40.0 Å². The van der Waals surface area contributed by atoms with Crippen LogP contribution in [0.1, 0.15) is 43.6 Å². The number of nitrogens with one attached hydrogen (secondary N) is 2. The average molecular weight is 692 g/mol. The first-order valence-electron chi connectivity index (χ1n) is 13.3. The number of hydrogen-bond acceptors (Lipinski definition) is 10. The summed E-state index contributed by atoms with van der Waals surface area (Å²) in [6, 6.07) is 0.685. The fraction of sp³-hybridized carbons (Fsp3) is 0.571. The molecule has 0 heterocycles. The lowest BCUT2D eigenvalue weighted by Crippen LogP contribution is -2.48. The third-order valence-corrected chi connectivity index (χ3v) is 13.6. The van der Waals surface area contributed by atoms with Crippen LogP contribution in [0.4, 0.5) is 0 Å². The Morgan fingerprint density at radius 2 is 1.81 bits per heavy atom. The third-order valence-electron chi connectivity index (χ3n) is 7.36. The lowest BCUT2D eigenvalue weighted by molar-refractivity contribution is -0.144. The second-order valence-corrected chi connectivity index (χ2v) is 17.1. The van der Waals surface area contributed by atoms with E-state index in [-0.39, 0.29) is 28.7 Å². The fourth-order valence-corrected chi connectivity index (χ4v) is 7.75. The second kappa shape index (κ2) is 16.9.